The van der Waals surface area contributed by atoms with Crippen molar-refractivity contribution in [2.75, 3.05) is 7.11 Å². The fourth-order valence-corrected chi connectivity index (χ4v) is 1.37. The van der Waals surface area contributed by atoms with Gasteiger partial charge in [0.05, 0.1) is 5.52 Å². The van der Waals surface area contributed by atoms with E-state index >= 15 is 0 Å². The maximum atomic E-state index is 5.36. The molecule has 0 bridgehead atoms. The van der Waals surface area contributed by atoms with E-state index in [2.05, 4.69) is 15.0 Å². The van der Waals surface area contributed by atoms with E-state index in [0.717, 1.165) is 22.7 Å². The zero-order valence-electron chi connectivity index (χ0n) is 9.46. The largest absolute Gasteiger partial charge is 0.371 e. The lowest BCUT2D eigenvalue weighted by atomic mass is 10.1. The summed E-state index contributed by atoms with van der Waals surface area (Å²) in [5.41, 5.74) is 2.25. The fourth-order valence-electron chi connectivity index (χ4n) is 1.37. The predicted molar refractivity (Wildman–Crippen MR) is 58.7 cm³/mol. The second kappa shape index (κ2) is 3.31. The molecule has 15 heavy (non-hydrogen) atoms. The Morgan fingerprint density at radius 2 is 2.00 bits per heavy atom. The number of hydrogen-bond donors (Lipinski definition) is 1. The van der Waals surface area contributed by atoms with Gasteiger partial charge in [0.25, 0.3) is 0 Å². The summed E-state index contributed by atoms with van der Waals surface area (Å²) in [4.78, 5) is 12.0. The average Bonchev–Trinajstić information content (AvgIpc) is 2.61. The van der Waals surface area contributed by atoms with Gasteiger partial charge in [-0.1, -0.05) is 0 Å². The first-order valence-electron chi connectivity index (χ1n) is 4.92. The van der Waals surface area contributed by atoms with Crippen molar-refractivity contribution in [1.82, 2.24) is 15.0 Å². The zero-order valence-corrected chi connectivity index (χ0v) is 9.46. The summed E-state index contributed by atoms with van der Waals surface area (Å²) < 4.78 is 5.36. The number of rotatable bonds is 2. The van der Waals surface area contributed by atoms with Crippen molar-refractivity contribution < 1.29 is 4.74 Å². The Morgan fingerprint density at radius 1 is 1.27 bits per heavy atom. The number of hydrogen-bond acceptors (Lipinski definition) is 3. The van der Waals surface area contributed by atoms with Gasteiger partial charge in [-0.25, -0.2) is 9.97 Å². The van der Waals surface area contributed by atoms with Crippen LogP contribution < -0.4 is 0 Å². The molecule has 0 saturated heterocycles. The molecule has 0 fully saturated rings. The fraction of sp³-hybridized carbons (Fsp3) is 0.455. The summed E-state index contributed by atoms with van der Waals surface area (Å²) in [6.07, 6.45) is 0. The minimum atomic E-state index is -0.408. The monoisotopic (exact) mass is 205 g/mol. The Balaban J connectivity index is 2.56. The van der Waals surface area contributed by atoms with Gasteiger partial charge in [0.1, 0.15) is 11.4 Å². The van der Waals surface area contributed by atoms with Gasteiger partial charge in [0, 0.05) is 12.8 Å². The van der Waals surface area contributed by atoms with E-state index in [4.69, 9.17) is 4.74 Å². The van der Waals surface area contributed by atoms with Crippen LogP contribution in [0.25, 0.3) is 11.2 Å². The molecule has 2 aromatic heterocycles. The Labute approximate surface area is 88.7 Å². The number of aromatic nitrogens is 3. The molecule has 2 rings (SSSR count). The number of methoxy groups -OCH3 is 1. The summed E-state index contributed by atoms with van der Waals surface area (Å²) in [5, 5.41) is 0. The second-order valence-corrected chi connectivity index (χ2v) is 4.12. The lowest BCUT2D eigenvalue weighted by Crippen LogP contribution is -2.21. The molecule has 0 spiro atoms. The van der Waals surface area contributed by atoms with E-state index in [1.807, 2.05) is 32.9 Å². The topological polar surface area (TPSA) is 50.8 Å². The van der Waals surface area contributed by atoms with Crippen LogP contribution >= 0.6 is 0 Å². The first kappa shape index (κ1) is 10.1. The molecule has 1 N–H and O–H groups in total. The first-order chi connectivity index (χ1) is 7.03. The number of nitrogens with one attached hydrogen (secondary N) is 1. The maximum Gasteiger partial charge on any atom is 0.178 e. The Hall–Kier alpha value is -1.42. The third-order valence-corrected chi connectivity index (χ3v) is 2.57. The molecule has 4 heteroatoms. The van der Waals surface area contributed by atoms with Crippen LogP contribution in [0.2, 0.25) is 0 Å². The van der Waals surface area contributed by atoms with Gasteiger partial charge in [-0.15, -0.1) is 0 Å². The van der Waals surface area contributed by atoms with Crippen molar-refractivity contribution in [3.05, 3.63) is 23.7 Å². The smallest absolute Gasteiger partial charge is 0.178 e. The van der Waals surface area contributed by atoms with Crippen LogP contribution in [0.3, 0.4) is 0 Å². The molecule has 4 nitrogen and oxygen atoms in total. The number of fused-ring (bicyclic) bond motifs is 1. The SMILES string of the molecule is COC(C)(C)c1nc2nc(C)ccc2[nH]1. The van der Waals surface area contributed by atoms with Gasteiger partial charge in [0.2, 0.25) is 0 Å². The zero-order chi connectivity index (χ0) is 11.1. The van der Waals surface area contributed by atoms with E-state index in [1.165, 1.54) is 0 Å². The molecule has 0 aliphatic rings. The normalized spacial score (nSPS) is 12.3. The number of aryl methyl sites for hydroxylation is 1. The van der Waals surface area contributed by atoms with Gasteiger partial charge in [-0.3, -0.25) is 0 Å². The van der Waals surface area contributed by atoms with Gasteiger partial charge < -0.3 is 9.72 Å². The first-order valence-corrected chi connectivity index (χ1v) is 4.92. The second-order valence-electron chi connectivity index (χ2n) is 4.12. The molecule has 0 radical (unpaired) electrons. The van der Waals surface area contributed by atoms with Crippen LogP contribution in [0.5, 0.6) is 0 Å². The third-order valence-electron chi connectivity index (χ3n) is 2.57. The lowest BCUT2D eigenvalue weighted by Gasteiger charge is -2.19. The Morgan fingerprint density at radius 3 is 2.67 bits per heavy atom. The molecular formula is C11H15N3O. The molecule has 2 heterocycles. The van der Waals surface area contributed by atoms with Gasteiger partial charge in [-0.2, -0.15) is 0 Å². The summed E-state index contributed by atoms with van der Waals surface area (Å²) >= 11 is 0. The number of imidazole rings is 1. The van der Waals surface area contributed by atoms with E-state index in [-0.39, 0.29) is 0 Å². The van der Waals surface area contributed by atoms with Crippen LogP contribution in [-0.2, 0) is 10.3 Å². The number of pyridine rings is 1. The average molecular weight is 205 g/mol. The maximum absolute atomic E-state index is 5.36. The summed E-state index contributed by atoms with van der Waals surface area (Å²) in [5.74, 6) is 0.804. The van der Waals surface area contributed by atoms with Crippen LogP contribution in [0, 0.1) is 6.92 Å². The summed E-state index contributed by atoms with van der Waals surface area (Å²) in [6, 6.07) is 3.95. The molecule has 0 unspecified atom stereocenters. The van der Waals surface area contributed by atoms with Gasteiger partial charge in [-0.05, 0) is 32.9 Å². The molecule has 0 amide bonds. The predicted octanol–water partition coefficient (Wildman–Crippen LogP) is 2.15. The standard InChI is InChI=1S/C11H15N3O/c1-7-5-6-8-9(12-7)14-10(13-8)11(2,3)15-4/h5-6H,1-4H3,(H,12,13,14). The highest BCUT2D eigenvalue weighted by atomic mass is 16.5. The van der Waals surface area contributed by atoms with Crippen LogP contribution in [-0.4, -0.2) is 22.1 Å². The minimum absolute atomic E-state index is 0.408. The molecule has 0 saturated carbocycles. The number of H-pyrrole nitrogens is 1. The van der Waals surface area contributed by atoms with Crippen molar-refractivity contribution in [2.24, 2.45) is 0 Å². The molecule has 80 valence electrons. The molecule has 2 aromatic rings. The van der Waals surface area contributed by atoms with Gasteiger partial charge >= 0.3 is 0 Å². The van der Waals surface area contributed by atoms with Crippen molar-refractivity contribution in [2.45, 2.75) is 26.4 Å². The third kappa shape index (κ3) is 1.72. The van der Waals surface area contributed by atoms with Gasteiger partial charge in [0.15, 0.2) is 5.65 Å². The van der Waals surface area contributed by atoms with Crippen molar-refractivity contribution in [3.8, 4) is 0 Å². The van der Waals surface area contributed by atoms with E-state index in [0.29, 0.717) is 0 Å². The summed E-state index contributed by atoms with van der Waals surface area (Å²) in [7, 11) is 1.67. The highest BCUT2D eigenvalue weighted by molar-refractivity contribution is 5.70. The van der Waals surface area contributed by atoms with E-state index in [1.54, 1.807) is 7.11 Å². The lowest BCUT2D eigenvalue weighted by molar-refractivity contribution is 0.0124. The quantitative estimate of drug-likeness (QED) is 0.817. The number of nitrogens with zero attached hydrogens (tertiary/aromatic N) is 2. The van der Waals surface area contributed by atoms with Crippen molar-refractivity contribution in [1.29, 1.82) is 0 Å². The van der Waals surface area contributed by atoms with E-state index in [9.17, 15) is 0 Å². The molecule has 0 aliphatic heterocycles. The van der Waals surface area contributed by atoms with Crippen LogP contribution in [0.15, 0.2) is 12.1 Å². The van der Waals surface area contributed by atoms with Crippen LogP contribution in [0.4, 0.5) is 0 Å². The number of aromatic amines is 1. The molecule has 0 aromatic carbocycles. The van der Waals surface area contributed by atoms with Crippen LogP contribution in [0.1, 0.15) is 25.4 Å². The highest BCUT2D eigenvalue weighted by Crippen LogP contribution is 2.22. The molecular weight excluding hydrogens is 190 g/mol. The van der Waals surface area contributed by atoms with E-state index < -0.39 is 5.60 Å². The molecule has 0 aliphatic carbocycles. The summed E-state index contributed by atoms with van der Waals surface area (Å²) in [6.45, 7) is 5.89. The van der Waals surface area contributed by atoms with Crippen molar-refractivity contribution >= 4 is 11.2 Å². The number of ether oxygens (including phenoxy) is 1. The van der Waals surface area contributed by atoms with Crippen molar-refractivity contribution in [3.63, 3.8) is 0 Å². The highest BCUT2D eigenvalue weighted by Gasteiger charge is 2.23. The molecule has 0 atom stereocenters. The minimum Gasteiger partial charge on any atom is -0.371 e. The Kier molecular flexibility index (Phi) is 2.23. The Bertz CT molecular complexity index is 488.